The Kier molecular flexibility index (Phi) is 4.56. The van der Waals surface area contributed by atoms with Crippen LogP contribution in [0.5, 0.6) is 5.75 Å². The summed E-state index contributed by atoms with van der Waals surface area (Å²) in [5.41, 5.74) is 1.06. The summed E-state index contributed by atoms with van der Waals surface area (Å²) in [6, 6.07) is 14.4. The van der Waals surface area contributed by atoms with E-state index in [2.05, 4.69) is 5.16 Å². The van der Waals surface area contributed by atoms with E-state index in [-0.39, 0.29) is 12.4 Å². The van der Waals surface area contributed by atoms with Gasteiger partial charge in [-0.25, -0.2) is 9.18 Å². The molecule has 24 heavy (non-hydrogen) atoms. The summed E-state index contributed by atoms with van der Waals surface area (Å²) in [7, 11) is 1.52. The van der Waals surface area contributed by atoms with E-state index in [0.717, 1.165) is 0 Å². The summed E-state index contributed by atoms with van der Waals surface area (Å²) in [6.45, 7) is -0.0754. The molecule has 0 saturated heterocycles. The maximum absolute atomic E-state index is 13.7. The summed E-state index contributed by atoms with van der Waals surface area (Å²) in [5.74, 6) is -0.0776. The summed E-state index contributed by atoms with van der Waals surface area (Å²) < 4.78 is 29.1. The molecule has 0 radical (unpaired) electrons. The number of esters is 1. The first kappa shape index (κ1) is 15.7. The Hall–Kier alpha value is -3.15. The Morgan fingerprint density at radius 3 is 2.79 bits per heavy atom. The summed E-state index contributed by atoms with van der Waals surface area (Å²) >= 11 is 0. The number of hydrogen-bond acceptors (Lipinski definition) is 5. The van der Waals surface area contributed by atoms with Crippen molar-refractivity contribution in [3.05, 3.63) is 71.7 Å². The Bertz CT molecular complexity index is 859. The van der Waals surface area contributed by atoms with Crippen molar-refractivity contribution >= 4 is 5.97 Å². The quantitative estimate of drug-likeness (QED) is 0.666. The minimum absolute atomic E-state index is 0.0754. The Labute approximate surface area is 137 Å². The smallest absolute Gasteiger partial charge is 0.338 e. The van der Waals surface area contributed by atoms with E-state index in [1.54, 1.807) is 42.5 Å². The first-order chi connectivity index (χ1) is 11.7. The molecule has 122 valence electrons. The van der Waals surface area contributed by atoms with Crippen LogP contribution < -0.4 is 4.74 Å². The van der Waals surface area contributed by atoms with Crippen LogP contribution in [0.1, 0.15) is 16.1 Å². The van der Waals surface area contributed by atoms with Gasteiger partial charge in [0.05, 0.1) is 18.2 Å². The number of ether oxygens (including phenoxy) is 2. The van der Waals surface area contributed by atoms with Gasteiger partial charge in [-0.1, -0.05) is 23.4 Å². The second-order valence-electron chi connectivity index (χ2n) is 4.97. The third kappa shape index (κ3) is 3.43. The molecular formula is C18H14FNO4. The van der Waals surface area contributed by atoms with Crippen molar-refractivity contribution in [2.45, 2.75) is 6.61 Å². The molecule has 1 heterocycles. The van der Waals surface area contributed by atoms with Gasteiger partial charge in [-0.2, -0.15) is 0 Å². The molecule has 0 unspecified atom stereocenters. The molecular weight excluding hydrogens is 313 g/mol. The first-order valence-electron chi connectivity index (χ1n) is 7.19. The summed E-state index contributed by atoms with van der Waals surface area (Å²) in [5, 5.41) is 3.79. The normalized spacial score (nSPS) is 10.4. The molecule has 0 amide bonds. The highest BCUT2D eigenvalue weighted by Gasteiger charge is 2.13. The molecule has 0 aliphatic heterocycles. The van der Waals surface area contributed by atoms with E-state index in [4.69, 9.17) is 14.0 Å². The largest absolute Gasteiger partial charge is 0.497 e. The van der Waals surface area contributed by atoms with Crippen molar-refractivity contribution in [3.8, 4) is 17.1 Å². The van der Waals surface area contributed by atoms with Gasteiger partial charge in [0.25, 0.3) is 0 Å². The fraction of sp³-hybridized carbons (Fsp3) is 0.111. The second-order valence-corrected chi connectivity index (χ2v) is 4.97. The molecule has 0 spiro atoms. The molecule has 1 aromatic heterocycles. The Morgan fingerprint density at radius 2 is 2.00 bits per heavy atom. The van der Waals surface area contributed by atoms with Gasteiger partial charge >= 0.3 is 5.97 Å². The van der Waals surface area contributed by atoms with Crippen LogP contribution in [0, 0.1) is 5.82 Å². The number of hydrogen-bond donors (Lipinski definition) is 0. The molecule has 2 aromatic carbocycles. The van der Waals surface area contributed by atoms with Gasteiger partial charge in [0, 0.05) is 6.07 Å². The zero-order valence-electron chi connectivity index (χ0n) is 12.9. The van der Waals surface area contributed by atoms with Gasteiger partial charge in [0.1, 0.15) is 23.9 Å². The zero-order chi connectivity index (χ0) is 16.9. The average Bonchev–Trinajstić information content (AvgIpc) is 3.09. The second kappa shape index (κ2) is 6.95. The van der Waals surface area contributed by atoms with Crippen LogP contribution in [0.3, 0.4) is 0 Å². The third-order valence-corrected chi connectivity index (χ3v) is 3.35. The van der Waals surface area contributed by atoms with Crippen LogP contribution in [-0.4, -0.2) is 18.2 Å². The number of benzene rings is 2. The van der Waals surface area contributed by atoms with Crippen molar-refractivity contribution in [2.75, 3.05) is 7.11 Å². The molecule has 0 fully saturated rings. The molecule has 0 aliphatic carbocycles. The molecule has 0 atom stereocenters. The topological polar surface area (TPSA) is 61.6 Å². The van der Waals surface area contributed by atoms with Gasteiger partial charge in [-0.3, -0.25) is 0 Å². The van der Waals surface area contributed by atoms with Crippen LogP contribution in [-0.2, 0) is 11.3 Å². The lowest BCUT2D eigenvalue weighted by Crippen LogP contribution is -2.05. The zero-order valence-corrected chi connectivity index (χ0v) is 12.9. The lowest BCUT2D eigenvalue weighted by Gasteiger charge is -2.04. The van der Waals surface area contributed by atoms with Crippen LogP contribution >= 0.6 is 0 Å². The van der Waals surface area contributed by atoms with Crippen molar-refractivity contribution in [1.82, 2.24) is 5.16 Å². The van der Waals surface area contributed by atoms with E-state index < -0.39 is 11.8 Å². The standard InChI is InChI=1S/C18H14FNO4/c1-22-14-6-4-5-12(9-14)18(21)23-11-13-10-17(24-20-13)15-7-2-3-8-16(15)19/h2-10H,11H2,1H3. The molecule has 3 aromatic rings. The predicted octanol–water partition coefficient (Wildman–Crippen LogP) is 3.85. The van der Waals surface area contributed by atoms with E-state index in [1.165, 1.54) is 19.2 Å². The molecule has 6 heteroatoms. The van der Waals surface area contributed by atoms with Gasteiger partial charge in [0.2, 0.25) is 0 Å². The molecule has 0 N–H and O–H groups in total. The molecule has 5 nitrogen and oxygen atoms in total. The molecule has 0 aliphatic rings. The van der Waals surface area contributed by atoms with Crippen molar-refractivity contribution in [3.63, 3.8) is 0 Å². The average molecular weight is 327 g/mol. The Morgan fingerprint density at radius 1 is 1.17 bits per heavy atom. The number of rotatable bonds is 5. The third-order valence-electron chi connectivity index (χ3n) is 3.35. The number of nitrogens with zero attached hydrogens (tertiary/aromatic N) is 1. The SMILES string of the molecule is COc1cccc(C(=O)OCc2cc(-c3ccccc3F)on2)c1. The summed E-state index contributed by atoms with van der Waals surface area (Å²) in [4.78, 5) is 12.0. The Balaban J connectivity index is 1.67. The fourth-order valence-electron chi connectivity index (χ4n) is 2.14. The maximum atomic E-state index is 13.7. The van der Waals surface area contributed by atoms with E-state index >= 15 is 0 Å². The highest BCUT2D eigenvalue weighted by molar-refractivity contribution is 5.89. The highest BCUT2D eigenvalue weighted by atomic mass is 19.1. The van der Waals surface area contributed by atoms with Crippen LogP contribution in [0.25, 0.3) is 11.3 Å². The van der Waals surface area contributed by atoms with Gasteiger partial charge in [0.15, 0.2) is 5.76 Å². The summed E-state index contributed by atoms with van der Waals surface area (Å²) in [6.07, 6.45) is 0. The predicted molar refractivity (Wildman–Crippen MR) is 84.0 cm³/mol. The molecule has 0 saturated carbocycles. The molecule has 3 rings (SSSR count). The van der Waals surface area contributed by atoms with E-state index in [9.17, 15) is 9.18 Å². The van der Waals surface area contributed by atoms with Crippen molar-refractivity contribution < 1.29 is 23.2 Å². The van der Waals surface area contributed by atoms with Gasteiger partial charge < -0.3 is 14.0 Å². The number of carbonyl (C=O) groups is 1. The van der Waals surface area contributed by atoms with Gasteiger partial charge in [-0.15, -0.1) is 0 Å². The van der Waals surface area contributed by atoms with Crippen LogP contribution in [0.4, 0.5) is 4.39 Å². The minimum Gasteiger partial charge on any atom is -0.497 e. The van der Waals surface area contributed by atoms with E-state index in [0.29, 0.717) is 22.6 Å². The van der Waals surface area contributed by atoms with E-state index in [1.807, 2.05) is 0 Å². The number of methoxy groups -OCH3 is 1. The maximum Gasteiger partial charge on any atom is 0.338 e. The number of carbonyl (C=O) groups excluding carboxylic acids is 1. The lowest BCUT2D eigenvalue weighted by molar-refractivity contribution is 0.0464. The fourth-order valence-corrected chi connectivity index (χ4v) is 2.14. The first-order valence-corrected chi connectivity index (χ1v) is 7.19. The number of aromatic nitrogens is 1. The lowest BCUT2D eigenvalue weighted by atomic mass is 10.1. The molecule has 0 bridgehead atoms. The number of halogens is 1. The van der Waals surface area contributed by atoms with Crippen molar-refractivity contribution in [1.29, 1.82) is 0 Å². The van der Waals surface area contributed by atoms with Crippen LogP contribution in [0.2, 0.25) is 0 Å². The minimum atomic E-state index is -0.510. The van der Waals surface area contributed by atoms with Crippen LogP contribution in [0.15, 0.2) is 59.1 Å². The highest BCUT2D eigenvalue weighted by Crippen LogP contribution is 2.23. The van der Waals surface area contributed by atoms with Crippen molar-refractivity contribution in [2.24, 2.45) is 0 Å². The van der Waals surface area contributed by atoms with Gasteiger partial charge in [-0.05, 0) is 30.3 Å². The monoisotopic (exact) mass is 327 g/mol.